The van der Waals surface area contributed by atoms with Crippen LogP contribution in [0.3, 0.4) is 0 Å². The van der Waals surface area contributed by atoms with E-state index in [0.717, 1.165) is 30.5 Å². The molecule has 1 heterocycles. The van der Waals surface area contributed by atoms with Crippen molar-refractivity contribution in [3.8, 4) is 0 Å². The van der Waals surface area contributed by atoms with Gasteiger partial charge in [0.15, 0.2) is 0 Å². The number of aliphatic imine (C=N–C) groups is 1. The minimum Gasteiger partial charge on any atom is -0.465 e. The average molecular weight is 545 g/mol. The number of benzene rings is 2. The van der Waals surface area contributed by atoms with Gasteiger partial charge >= 0.3 is 12.1 Å². The topological polar surface area (TPSA) is 68.2 Å². The Morgan fingerprint density at radius 2 is 1.72 bits per heavy atom. The van der Waals surface area contributed by atoms with Crippen LogP contribution in [0.1, 0.15) is 79.6 Å². The van der Waals surface area contributed by atoms with Crippen molar-refractivity contribution in [1.29, 1.82) is 0 Å². The summed E-state index contributed by atoms with van der Waals surface area (Å²) in [6, 6.07) is 11.6. The number of carbonyl (C=O) groups is 2. The number of alkyl halides is 3. The van der Waals surface area contributed by atoms with Gasteiger partial charge < -0.3 is 14.4 Å². The zero-order valence-corrected chi connectivity index (χ0v) is 23.0. The number of ether oxygens (including phenoxy) is 2. The molecule has 1 amide bonds. The van der Waals surface area contributed by atoms with Gasteiger partial charge in [0.05, 0.1) is 30.9 Å². The number of nitrogens with zero attached hydrogens (tertiary/aromatic N) is 2. The zero-order valence-electron chi connectivity index (χ0n) is 23.0. The highest BCUT2D eigenvalue weighted by Crippen LogP contribution is 2.47. The number of methoxy groups -OCH3 is 2. The van der Waals surface area contributed by atoms with Crippen molar-refractivity contribution in [2.24, 2.45) is 16.3 Å². The molecule has 210 valence electrons. The van der Waals surface area contributed by atoms with Crippen LogP contribution >= 0.6 is 0 Å². The monoisotopic (exact) mass is 544 g/mol. The van der Waals surface area contributed by atoms with Crippen LogP contribution in [0, 0.1) is 11.3 Å². The van der Waals surface area contributed by atoms with Crippen LogP contribution < -0.4 is 0 Å². The highest BCUT2D eigenvalue weighted by atomic mass is 19.4. The zero-order chi connectivity index (χ0) is 28.6. The third kappa shape index (κ3) is 5.88. The number of hydrogen-bond donors (Lipinski definition) is 0. The van der Waals surface area contributed by atoms with E-state index >= 15 is 0 Å². The highest BCUT2D eigenvalue weighted by Gasteiger charge is 2.51. The van der Waals surface area contributed by atoms with Gasteiger partial charge in [-0.1, -0.05) is 45.0 Å². The second-order valence-corrected chi connectivity index (χ2v) is 11.4. The summed E-state index contributed by atoms with van der Waals surface area (Å²) in [5.41, 5.74) is -0.230. The number of amides is 1. The van der Waals surface area contributed by atoms with Gasteiger partial charge in [-0.15, -0.1) is 0 Å². The number of hydrogen-bond acceptors (Lipinski definition) is 5. The molecule has 4 rings (SSSR count). The predicted octanol–water partition coefficient (Wildman–Crippen LogP) is 6.44. The maximum absolute atomic E-state index is 13.9. The van der Waals surface area contributed by atoms with Crippen molar-refractivity contribution in [2.75, 3.05) is 20.8 Å². The van der Waals surface area contributed by atoms with Crippen LogP contribution in [0.5, 0.6) is 0 Å². The average Bonchev–Trinajstić information content (AvgIpc) is 3.16. The fourth-order valence-corrected chi connectivity index (χ4v) is 5.68. The first kappa shape index (κ1) is 28.8. The van der Waals surface area contributed by atoms with E-state index in [0.29, 0.717) is 24.3 Å². The van der Waals surface area contributed by atoms with Gasteiger partial charge in [0, 0.05) is 12.7 Å². The van der Waals surface area contributed by atoms with Gasteiger partial charge in [-0.2, -0.15) is 13.2 Å². The molecule has 0 saturated heterocycles. The molecular formula is C30H35F3N2O4. The largest absolute Gasteiger partial charge is 0.465 e. The van der Waals surface area contributed by atoms with Crippen LogP contribution in [0.15, 0.2) is 53.5 Å². The van der Waals surface area contributed by atoms with Crippen molar-refractivity contribution in [3.05, 3.63) is 70.8 Å². The molecule has 1 unspecified atom stereocenters. The van der Waals surface area contributed by atoms with E-state index in [2.05, 4.69) is 20.8 Å². The summed E-state index contributed by atoms with van der Waals surface area (Å²) in [4.78, 5) is 32.3. The Morgan fingerprint density at radius 1 is 1.08 bits per heavy atom. The Kier molecular flexibility index (Phi) is 7.94. The SMILES string of the molecule is COC(=O)c1ccc(C(CN2C(=O)C(c3cccc(C(F)(F)F)c3)=NC23CCC(C(C)(C)C)CC3)OC)cc1. The van der Waals surface area contributed by atoms with Crippen molar-refractivity contribution in [2.45, 2.75) is 64.4 Å². The van der Waals surface area contributed by atoms with E-state index in [1.807, 2.05) is 0 Å². The van der Waals surface area contributed by atoms with Crippen LogP contribution in [-0.4, -0.2) is 48.9 Å². The quantitative estimate of drug-likeness (QED) is 0.393. The van der Waals surface area contributed by atoms with Gasteiger partial charge in [-0.3, -0.25) is 9.79 Å². The standard InChI is InChI=1S/C30H35F3N2O4/c1-28(2,3)22-13-15-29(16-14-22)34-25(21-7-6-8-23(17-21)30(31,32)33)26(36)35(29)18-24(38-4)19-9-11-20(12-10-19)27(37)39-5/h6-12,17,22,24H,13-16,18H2,1-5H3. The normalized spacial score (nSPS) is 22.7. The fraction of sp³-hybridized carbons (Fsp3) is 0.500. The van der Waals surface area contributed by atoms with Crippen LogP contribution in [0.25, 0.3) is 0 Å². The molecule has 1 atom stereocenters. The molecular weight excluding hydrogens is 509 g/mol. The van der Waals surface area contributed by atoms with Crippen molar-refractivity contribution in [3.63, 3.8) is 0 Å². The summed E-state index contributed by atoms with van der Waals surface area (Å²) in [5, 5.41) is 0. The first-order chi connectivity index (χ1) is 18.3. The third-order valence-corrected chi connectivity index (χ3v) is 8.08. The molecule has 0 N–H and O–H groups in total. The third-order valence-electron chi connectivity index (χ3n) is 8.08. The summed E-state index contributed by atoms with van der Waals surface area (Å²) < 4.78 is 50.9. The first-order valence-corrected chi connectivity index (χ1v) is 13.1. The Bertz CT molecular complexity index is 1240. The van der Waals surface area contributed by atoms with Crippen LogP contribution in [0.4, 0.5) is 13.2 Å². The van der Waals surface area contributed by atoms with E-state index in [9.17, 15) is 22.8 Å². The van der Waals surface area contributed by atoms with Gasteiger partial charge in [-0.05, 0) is 66.8 Å². The highest BCUT2D eigenvalue weighted by molar-refractivity contribution is 6.46. The smallest absolute Gasteiger partial charge is 0.416 e. The van der Waals surface area contributed by atoms with E-state index < -0.39 is 35.4 Å². The van der Waals surface area contributed by atoms with E-state index in [1.165, 1.54) is 26.4 Å². The molecule has 2 aromatic rings. The van der Waals surface area contributed by atoms with Gasteiger partial charge in [0.25, 0.3) is 5.91 Å². The van der Waals surface area contributed by atoms with E-state index in [1.54, 1.807) is 29.2 Å². The van der Waals surface area contributed by atoms with Gasteiger partial charge in [0.1, 0.15) is 11.4 Å². The summed E-state index contributed by atoms with van der Waals surface area (Å²) in [7, 11) is 2.85. The van der Waals surface area contributed by atoms with E-state index in [-0.39, 0.29) is 23.2 Å². The lowest BCUT2D eigenvalue weighted by atomic mass is 9.69. The second-order valence-electron chi connectivity index (χ2n) is 11.4. The molecule has 0 bridgehead atoms. The van der Waals surface area contributed by atoms with Crippen LogP contribution in [0.2, 0.25) is 0 Å². The minimum atomic E-state index is -4.53. The molecule has 1 saturated carbocycles. The maximum atomic E-state index is 13.9. The van der Waals surface area contributed by atoms with Gasteiger partial charge in [0.2, 0.25) is 0 Å². The Morgan fingerprint density at radius 3 is 2.26 bits per heavy atom. The molecule has 1 spiro atoms. The number of esters is 1. The molecule has 2 aromatic carbocycles. The van der Waals surface area contributed by atoms with Crippen molar-refractivity contribution in [1.82, 2.24) is 4.90 Å². The summed E-state index contributed by atoms with van der Waals surface area (Å²) in [6.07, 6.45) is -2.15. The molecule has 2 aliphatic rings. The van der Waals surface area contributed by atoms with Gasteiger partial charge in [-0.25, -0.2) is 4.79 Å². The Balaban J connectivity index is 1.68. The second kappa shape index (κ2) is 10.8. The Hall–Kier alpha value is -3.20. The first-order valence-electron chi connectivity index (χ1n) is 13.1. The van der Waals surface area contributed by atoms with Crippen molar-refractivity contribution >= 4 is 17.6 Å². The molecule has 39 heavy (non-hydrogen) atoms. The number of carbonyl (C=O) groups excluding carboxylic acids is 2. The Labute approximate surface area is 227 Å². The molecule has 9 heteroatoms. The van der Waals surface area contributed by atoms with E-state index in [4.69, 9.17) is 14.5 Å². The molecule has 0 aromatic heterocycles. The summed E-state index contributed by atoms with van der Waals surface area (Å²) in [6.45, 7) is 6.76. The van der Waals surface area contributed by atoms with Crippen LogP contribution in [-0.2, 0) is 20.4 Å². The van der Waals surface area contributed by atoms with Crippen molar-refractivity contribution < 1.29 is 32.2 Å². The molecule has 0 radical (unpaired) electrons. The summed E-state index contributed by atoms with van der Waals surface area (Å²) in [5.74, 6) is -0.423. The minimum absolute atomic E-state index is 0.0474. The lowest BCUT2D eigenvalue weighted by Crippen LogP contribution is -2.51. The fourth-order valence-electron chi connectivity index (χ4n) is 5.68. The molecule has 1 fully saturated rings. The molecule has 1 aliphatic carbocycles. The predicted molar refractivity (Wildman–Crippen MR) is 141 cm³/mol. The molecule has 6 nitrogen and oxygen atoms in total. The maximum Gasteiger partial charge on any atom is 0.416 e. The lowest BCUT2D eigenvalue weighted by Gasteiger charge is -2.45. The summed E-state index contributed by atoms with van der Waals surface area (Å²) >= 11 is 0. The lowest BCUT2D eigenvalue weighted by molar-refractivity contribution is -0.137. The number of rotatable bonds is 6. The number of halogens is 3. The molecule has 1 aliphatic heterocycles.